The van der Waals surface area contributed by atoms with E-state index < -0.39 is 17.6 Å². The lowest BCUT2D eigenvalue weighted by Crippen LogP contribution is -2.14. The van der Waals surface area contributed by atoms with Gasteiger partial charge in [-0.1, -0.05) is 24.1 Å². The summed E-state index contributed by atoms with van der Waals surface area (Å²) in [6, 6.07) is 7.93. The van der Waals surface area contributed by atoms with E-state index in [-0.39, 0.29) is 17.2 Å². The molecule has 10 nitrogen and oxygen atoms in total. The minimum absolute atomic E-state index is 0.196. The van der Waals surface area contributed by atoms with Gasteiger partial charge < -0.3 is 11.1 Å². The summed E-state index contributed by atoms with van der Waals surface area (Å²) < 4.78 is 38.3. The van der Waals surface area contributed by atoms with Gasteiger partial charge in [0.15, 0.2) is 5.65 Å². The van der Waals surface area contributed by atoms with Crippen LogP contribution in [0.3, 0.4) is 0 Å². The van der Waals surface area contributed by atoms with Crippen molar-refractivity contribution < 1.29 is 18.0 Å². The lowest BCUT2D eigenvalue weighted by Gasteiger charge is -2.17. The average Bonchev–Trinajstić information content (AvgIpc) is 3.42. The molecule has 13 heteroatoms. The number of hydrogen-bond donors (Lipinski definition) is 3. The molecule has 5 rings (SSSR count). The fourth-order valence-electron chi connectivity index (χ4n) is 4.32. The van der Waals surface area contributed by atoms with Crippen LogP contribution in [0.4, 0.5) is 24.8 Å². The zero-order valence-electron chi connectivity index (χ0n) is 22.4. The van der Waals surface area contributed by atoms with E-state index in [4.69, 9.17) is 5.73 Å². The van der Waals surface area contributed by atoms with Crippen LogP contribution >= 0.6 is 0 Å². The number of alkyl halides is 3. The number of halogens is 3. The number of carbonyl (C=O) groups is 1. The van der Waals surface area contributed by atoms with Gasteiger partial charge in [0.25, 0.3) is 5.91 Å². The molecule has 41 heavy (non-hydrogen) atoms. The van der Waals surface area contributed by atoms with Crippen LogP contribution in [0.2, 0.25) is 0 Å². The molecule has 0 atom stereocenters. The number of carbonyl (C=O) groups excluding carboxylic acids is 1. The largest absolute Gasteiger partial charge is 0.416 e. The first-order chi connectivity index (χ1) is 19.7. The number of aromatic nitrogens is 5. The Morgan fingerprint density at radius 1 is 1.15 bits per heavy atom. The molecule has 0 unspecified atom stereocenters. The third-order valence-corrected chi connectivity index (χ3v) is 6.48. The van der Waals surface area contributed by atoms with Crippen molar-refractivity contribution >= 4 is 35.3 Å². The average molecular weight is 566 g/mol. The summed E-state index contributed by atoms with van der Waals surface area (Å²) in [5.41, 5.74) is 8.44. The standard InChI is InChI=1S/C18H12F3N7O.C10H18N2/c19-18(20,21)11-5-6-23-12(7-11)26-17(29)10-3-1-9(2-4-10)14-13-15(22)24-8-25-16(13)28-27-14;1-3-12(11-2)9-10-7-5-4-6-8-10/h1-8H,(H,23,26,29)(H3,22,24,25,27,28);9H,2-8H2,1H3. The maximum Gasteiger partial charge on any atom is 0.416 e. The van der Waals surface area contributed by atoms with Crippen molar-refractivity contribution in [2.75, 3.05) is 17.6 Å². The molecule has 1 amide bonds. The van der Waals surface area contributed by atoms with Crippen molar-refractivity contribution in [3.05, 3.63) is 71.8 Å². The van der Waals surface area contributed by atoms with E-state index in [0.29, 0.717) is 22.3 Å². The number of hydrazone groups is 1. The topological polar surface area (TPSA) is 138 Å². The van der Waals surface area contributed by atoms with Gasteiger partial charge in [0.1, 0.15) is 18.0 Å². The molecule has 1 aliphatic carbocycles. The summed E-state index contributed by atoms with van der Waals surface area (Å²) in [6.07, 6.45) is 6.52. The molecule has 4 N–H and O–H groups in total. The van der Waals surface area contributed by atoms with Gasteiger partial charge in [0.2, 0.25) is 0 Å². The Morgan fingerprint density at radius 2 is 1.88 bits per heavy atom. The highest BCUT2D eigenvalue weighted by Crippen LogP contribution is 2.31. The number of pyridine rings is 1. The van der Waals surface area contributed by atoms with Gasteiger partial charge in [0, 0.05) is 36.8 Å². The quantitative estimate of drug-likeness (QED) is 0.191. The Balaban J connectivity index is 0.000000271. The first-order valence-corrected chi connectivity index (χ1v) is 13.0. The number of nitrogens with two attached hydrogens (primary N) is 1. The predicted molar refractivity (Wildman–Crippen MR) is 152 cm³/mol. The smallest absolute Gasteiger partial charge is 0.383 e. The molecule has 0 aliphatic heterocycles. The number of nitrogen functional groups attached to an aromatic ring is 1. The third-order valence-electron chi connectivity index (χ3n) is 6.48. The number of allylic oxidation sites excluding steroid dienone is 1. The minimum Gasteiger partial charge on any atom is -0.383 e. The second-order valence-corrected chi connectivity index (χ2v) is 9.26. The van der Waals surface area contributed by atoms with Crippen molar-refractivity contribution in [3.63, 3.8) is 0 Å². The van der Waals surface area contributed by atoms with Gasteiger partial charge >= 0.3 is 6.18 Å². The molecule has 1 aliphatic rings. The molecular formula is C28H30F3N9O. The normalized spacial score (nSPS) is 13.2. The Bertz CT molecular complexity index is 1520. The van der Waals surface area contributed by atoms with Crippen molar-refractivity contribution in [1.82, 2.24) is 30.2 Å². The molecule has 1 aromatic carbocycles. The van der Waals surface area contributed by atoms with Gasteiger partial charge in [-0.25, -0.2) is 15.0 Å². The van der Waals surface area contributed by atoms with E-state index in [1.54, 1.807) is 12.1 Å². The molecular weight excluding hydrogens is 535 g/mol. The number of nitrogens with one attached hydrogen (secondary N) is 2. The summed E-state index contributed by atoms with van der Waals surface area (Å²) in [4.78, 5) is 24.1. The van der Waals surface area contributed by atoms with Gasteiger partial charge in [-0.3, -0.25) is 14.9 Å². The van der Waals surface area contributed by atoms with Gasteiger partial charge in [-0.15, -0.1) is 0 Å². The maximum atomic E-state index is 12.8. The van der Waals surface area contributed by atoms with E-state index in [1.165, 1.54) is 56.1 Å². The van der Waals surface area contributed by atoms with E-state index >= 15 is 0 Å². The first-order valence-electron chi connectivity index (χ1n) is 13.0. The lowest BCUT2D eigenvalue weighted by molar-refractivity contribution is -0.137. The van der Waals surface area contributed by atoms with Crippen LogP contribution in [0.25, 0.3) is 22.3 Å². The number of benzene rings is 1. The van der Waals surface area contributed by atoms with Crippen LogP contribution in [0.15, 0.2) is 65.8 Å². The van der Waals surface area contributed by atoms with Crippen LogP contribution < -0.4 is 11.1 Å². The third kappa shape index (κ3) is 7.44. The Labute approximate surface area is 234 Å². The zero-order chi connectivity index (χ0) is 29.4. The van der Waals surface area contributed by atoms with E-state index in [0.717, 1.165) is 24.9 Å². The van der Waals surface area contributed by atoms with Crippen LogP contribution in [0.1, 0.15) is 54.9 Å². The molecule has 1 fully saturated rings. The number of amides is 1. The van der Waals surface area contributed by atoms with Crippen molar-refractivity contribution in [1.29, 1.82) is 0 Å². The summed E-state index contributed by atoms with van der Waals surface area (Å²) >= 11 is 0. The van der Waals surface area contributed by atoms with E-state index in [9.17, 15) is 18.0 Å². The maximum absolute atomic E-state index is 12.8. The molecule has 1 saturated carbocycles. The van der Waals surface area contributed by atoms with E-state index in [2.05, 4.69) is 55.4 Å². The van der Waals surface area contributed by atoms with Crippen LogP contribution in [0, 0.1) is 0 Å². The number of fused-ring (bicyclic) bond motifs is 1. The molecule has 3 aromatic heterocycles. The Kier molecular flexibility index (Phi) is 9.27. The fourth-order valence-corrected chi connectivity index (χ4v) is 4.32. The van der Waals surface area contributed by atoms with E-state index in [1.807, 2.05) is 5.01 Å². The van der Waals surface area contributed by atoms with Gasteiger partial charge in [-0.05, 0) is 56.9 Å². The number of aromatic amines is 1. The second kappa shape index (κ2) is 13.0. The lowest BCUT2D eigenvalue weighted by atomic mass is 9.96. The predicted octanol–water partition coefficient (Wildman–Crippen LogP) is 6.04. The highest BCUT2D eigenvalue weighted by molar-refractivity contribution is 6.04. The van der Waals surface area contributed by atoms with Crippen LogP contribution in [0.5, 0.6) is 0 Å². The van der Waals surface area contributed by atoms with Crippen molar-refractivity contribution in [3.8, 4) is 11.3 Å². The van der Waals surface area contributed by atoms with Crippen LogP contribution in [-0.2, 0) is 6.18 Å². The van der Waals surface area contributed by atoms with Crippen molar-refractivity contribution in [2.45, 2.75) is 45.2 Å². The monoisotopic (exact) mass is 565 g/mol. The zero-order valence-corrected chi connectivity index (χ0v) is 22.4. The SMILES string of the molecule is C=NN(C=C1CCCCC1)CC.Nc1ncnc2n[nH]c(-c3ccc(C(=O)Nc4cc(C(F)(F)F)ccn4)cc3)c12. The number of H-pyrrole nitrogens is 1. The molecule has 3 heterocycles. The summed E-state index contributed by atoms with van der Waals surface area (Å²) in [5.74, 6) is -0.532. The first kappa shape index (κ1) is 29.2. The van der Waals surface area contributed by atoms with Crippen molar-refractivity contribution in [2.24, 2.45) is 5.10 Å². The Morgan fingerprint density at radius 3 is 2.54 bits per heavy atom. The van der Waals surface area contributed by atoms with Gasteiger partial charge in [0.05, 0.1) is 16.6 Å². The molecule has 0 spiro atoms. The number of anilines is 2. The summed E-state index contributed by atoms with van der Waals surface area (Å²) in [6.45, 7) is 6.54. The molecule has 4 aromatic rings. The summed E-state index contributed by atoms with van der Waals surface area (Å²) in [7, 11) is 0. The summed E-state index contributed by atoms with van der Waals surface area (Å²) in [5, 5.41) is 15.6. The molecule has 0 bridgehead atoms. The highest BCUT2D eigenvalue weighted by atomic mass is 19.4. The minimum atomic E-state index is -4.53. The van der Waals surface area contributed by atoms with Gasteiger partial charge in [-0.2, -0.15) is 23.4 Å². The highest BCUT2D eigenvalue weighted by Gasteiger charge is 2.30. The second-order valence-electron chi connectivity index (χ2n) is 9.26. The molecule has 0 saturated heterocycles. The molecule has 214 valence electrons. The molecule has 0 radical (unpaired) electrons. The Hall–Kier alpha value is -4.81. The number of rotatable bonds is 6. The van der Waals surface area contributed by atoms with Crippen LogP contribution in [-0.4, -0.2) is 49.3 Å². The number of nitrogens with zero attached hydrogens (tertiary/aromatic N) is 6. The fraction of sp³-hybridized carbons (Fsp3) is 0.286. The number of hydrogen-bond acceptors (Lipinski definition) is 8.